The highest BCUT2D eigenvalue weighted by atomic mass is 19.1. The minimum atomic E-state index is -0.889. The molecule has 244 valence electrons. The van der Waals surface area contributed by atoms with Crippen molar-refractivity contribution in [3.63, 3.8) is 0 Å². The summed E-state index contributed by atoms with van der Waals surface area (Å²) < 4.78 is 50.1. The minimum absolute atomic E-state index is 0.0107. The number of nitrogens with zero attached hydrogens (tertiary/aromatic N) is 2. The third-order valence-electron chi connectivity index (χ3n) is 8.13. The summed E-state index contributed by atoms with van der Waals surface area (Å²) in [6.07, 6.45) is 3.45. The molecule has 12 heteroatoms. The Morgan fingerprint density at radius 2 is 1.96 bits per heavy atom. The van der Waals surface area contributed by atoms with Crippen molar-refractivity contribution >= 4 is 23.0 Å². The van der Waals surface area contributed by atoms with Crippen LogP contribution in [0.2, 0.25) is 0 Å². The zero-order chi connectivity index (χ0) is 33.1. The van der Waals surface area contributed by atoms with Gasteiger partial charge in [-0.25, -0.2) is 13.6 Å². The third kappa shape index (κ3) is 7.28. The molecule has 0 aliphatic carbocycles. The molecule has 47 heavy (non-hydrogen) atoms. The van der Waals surface area contributed by atoms with Crippen molar-refractivity contribution < 1.29 is 37.7 Å². The van der Waals surface area contributed by atoms with Crippen molar-refractivity contribution in [3.8, 4) is 22.8 Å². The summed E-state index contributed by atoms with van der Waals surface area (Å²) in [6, 6.07) is 15.8. The molecule has 1 unspecified atom stereocenters. The molecular weight excluding hydrogens is 610 g/mol. The van der Waals surface area contributed by atoms with Gasteiger partial charge >= 0.3 is 12.1 Å². The Hall–Kier alpha value is -5.23. The third-order valence-corrected chi connectivity index (χ3v) is 8.13. The second kappa shape index (κ2) is 13.2. The minimum Gasteiger partial charge on any atom is -0.481 e. The molecular formula is C35H34F2N4O6. The van der Waals surface area contributed by atoms with Crippen LogP contribution in [0.15, 0.2) is 73.1 Å². The average molecular weight is 645 g/mol. The van der Waals surface area contributed by atoms with Gasteiger partial charge in [0.25, 0.3) is 0 Å². The summed E-state index contributed by atoms with van der Waals surface area (Å²) >= 11 is 0. The number of hydrogen-bond acceptors (Lipinski definition) is 6. The van der Waals surface area contributed by atoms with Crippen molar-refractivity contribution in [3.05, 3.63) is 101 Å². The first-order valence-corrected chi connectivity index (χ1v) is 15.2. The number of aliphatic carboxylic acids is 1. The molecule has 4 bridgehead atoms. The maximum absolute atomic E-state index is 15.5. The van der Waals surface area contributed by atoms with Crippen LogP contribution in [0.5, 0.6) is 11.5 Å². The number of rotatable bonds is 4. The highest BCUT2D eigenvalue weighted by Crippen LogP contribution is 2.37. The number of aryl methyl sites for hydroxylation is 1. The quantitative estimate of drug-likeness (QED) is 0.190. The number of amides is 1. The largest absolute Gasteiger partial charge is 0.481 e. The number of cyclic esters (lactones) is 1. The standard InChI is InChI=1S/C35H34F2N4O6/c1-35(2)12-15-45-20-31(22-5-3-4-21(16-22)6-9-32(42)43)41-14-11-29(40-41)25-17-23(7-8-27(25)36)47-33-26(19-46-34(44)39-35)24-10-13-38-30(24)18-28(33)37/h3-5,7-8,10-11,13-14,16-18,31,38H,6,9,12,15,19-20H2,1-2H3,(H,39,44)(H,42,43). The lowest BCUT2D eigenvalue weighted by Gasteiger charge is -2.26. The molecule has 0 saturated heterocycles. The maximum atomic E-state index is 15.5. The van der Waals surface area contributed by atoms with Gasteiger partial charge in [-0.3, -0.25) is 9.48 Å². The fourth-order valence-electron chi connectivity index (χ4n) is 5.58. The fraction of sp³-hybridized carbons (Fsp3) is 0.286. The predicted molar refractivity (Wildman–Crippen MR) is 169 cm³/mol. The number of ether oxygens (including phenoxy) is 3. The number of halogens is 2. The molecule has 1 aliphatic heterocycles. The summed E-state index contributed by atoms with van der Waals surface area (Å²) in [5.74, 6) is -2.13. The molecule has 3 aromatic carbocycles. The average Bonchev–Trinajstić information content (AvgIpc) is 3.70. The van der Waals surface area contributed by atoms with Gasteiger partial charge in [0.05, 0.1) is 12.3 Å². The maximum Gasteiger partial charge on any atom is 0.407 e. The smallest absolute Gasteiger partial charge is 0.407 e. The van der Waals surface area contributed by atoms with E-state index >= 15 is 8.78 Å². The first-order valence-electron chi connectivity index (χ1n) is 15.2. The van der Waals surface area contributed by atoms with Gasteiger partial charge in [0, 0.05) is 59.1 Å². The number of aromatic amines is 1. The number of carboxylic acids is 1. The number of hydrogen-bond donors (Lipinski definition) is 3. The summed E-state index contributed by atoms with van der Waals surface area (Å²) in [4.78, 5) is 27.1. The number of nitrogens with one attached hydrogen (secondary N) is 2. The van der Waals surface area contributed by atoms with Gasteiger partial charge in [-0.1, -0.05) is 24.3 Å². The van der Waals surface area contributed by atoms with E-state index in [1.165, 1.54) is 24.3 Å². The highest BCUT2D eigenvalue weighted by molar-refractivity contribution is 5.86. The lowest BCUT2D eigenvalue weighted by Crippen LogP contribution is -2.44. The Bertz CT molecular complexity index is 1930. The summed E-state index contributed by atoms with van der Waals surface area (Å²) in [6.45, 7) is 3.86. The van der Waals surface area contributed by atoms with Crippen molar-refractivity contribution in [1.29, 1.82) is 0 Å². The van der Waals surface area contributed by atoms with E-state index in [4.69, 9.17) is 24.4 Å². The molecule has 1 aliphatic rings. The molecule has 5 aromatic rings. The van der Waals surface area contributed by atoms with E-state index < -0.39 is 35.3 Å². The lowest BCUT2D eigenvalue weighted by atomic mass is 10.0. The van der Waals surface area contributed by atoms with Crippen molar-refractivity contribution in [2.24, 2.45) is 0 Å². The Morgan fingerprint density at radius 3 is 2.79 bits per heavy atom. The van der Waals surface area contributed by atoms with Crippen LogP contribution in [-0.2, 0) is 27.3 Å². The second-order valence-corrected chi connectivity index (χ2v) is 12.1. The SMILES string of the molecule is CC1(C)CCOCC(c2cccc(CCC(=O)O)c2)n2ccc(n2)-c2cc(ccc2F)Oc2c(F)cc3[nH]ccc3c2COC(=O)N1. The van der Waals surface area contributed by atoms with Gasteiger partial charge in [-0.2, -0.15) is 5.10 Å². The van der Waals surface area contributed by atoms with Crippen LogP contribution in [0, 0.1) is 11.6 Å². The molecule has 1 amide bonds. The Balaban J connectivity index is 1.41. The van der Waals surface area contributed by atoms with Crippen LogP contribution < -0.4 is 10.1 Å². The van der Waals surface area contributed by atoms with Crippen LogP contribution in [-0.4, -0.2) is 50.7 Å². The Morgan fingerprint density at radius 1 is 1.11 bits per heavy atom. The molecule has 0 radical (unpaired) electrons. The normalized spacial score (nSPS) is 16.9. The zero-order valence-electron chi connectivity index (χ0n) is 25.9. The molecule has 0 saturated carbocycles. The topological polar surface area (TPSA) is 128 Å². The number of aromatic nitrogens is 3. The number of alkyl carbamates (subject to hydrolysis) is 1. The van der Waals surface area contributed by atoms with Crippen LogP contribution in [0.3, 0.4) is 0 Å². The number of carboxylic acid groups (broad SMARTS) is 1. The molecule has 2 aromatic heterocycles. The lowest BCUT2D eigenvalue weighted by molar-refractivity contribution is -0.136. The van der Waals surface area contributed by atoms with E-state index in [0.717, 1.165) is 11.1 Å². The Labute approximate surface area is 269 Å². The Kier molecular flexibility index (Phi) is 8.95. The monoisotopic (exact) mass is 644 g/mol. The van der Waals surface area contributed by atoms with Crippen molar-refractivity contribution in [1.82, 2.24) is 20.1 Å². The van der Waals surface area contributed by atoms with Crippen LogP contribution in [0.25, 0.3) is 22.2 Å². The first kappa shape index (κ1) is 31.7. The number of benzene rings is 3. The van der Waals surface area contributed by atoms with E-state index in [0.29, 0.717) is 35.0 Å². The number of H-pyrrole nitrogens is 1. The van der Waals surface area contributed by atoms with Gasteiger partial charge in [0.1, 0.15) is 24.2 Å². The van der Waals surface area contributed by atoms with E-state index in [2.05, 4.69) is 10.3 Å². The number of carbonyl (C=O) groups is 2. The van der Waals surface area contributed by atoms with Gasteiger partial charge in [0.15, 0.2) is 11.6 Å². The highest BCUT2D eigenvalue weighted by Gasteiger charge is 2.25. The van der Waals surface area contributed by atoms with Crippen molar-refractivity contribution in [2.75, 3.05) is 13.2 Å². The van der Waals surface area contributed by atoms with Gasteiger partial charge < -0.3 is 29.6 Å². The summed E-state index contributed by atoms with van der Waals surface area (Å²) in [5.41, 5.74) is 2.21. The van der Waals surface area contributed by atoms with Crippen molar-refractivity contribution in [2.45, 2.75) is 51.3 Å². The fourth-order valence-corrected chi connectivity index (χ4v) is 5.58. The first-order chi connectivity index (χ1) is 22.6. The van der Waals surface area contributed by atoms with Crippen LogP contribution in [0.1, 0.15) is 49.4 Å². The molecule has 0 fully saturated rings. The molecule has 6 rings (SSSR count). The summed E-state index contributed by atoms with van der Waals surface area (Å²) in [7, 11) is 0. The van der Waals surface area contributed by atoms with E-state index in [1.807, 2.05) is 38.1 Å². The number of fused-ring (bicyclic) bond motifs is 8. The predicted octanol–water partition coefficient (Wildman–Crippen LogP) is 7.13. The second-order valence-electron chi connectivity index (χ2n) is 12.1. The van der Waals surface area contributed by atoms with Gasteiger partial charge in [0.2, 0.25) is 0 Å². The van der Waals surface area contributed by atoms with E-state index in [-0.39, 0.29) is 43.3 Å². The van der Waals surface area contributed by atoms with E-state index in [9.17, 15) is 9.59 Å². The molecule has 1 atom stereocenters. The van der Waals surface area contributed by atoms with Crippen LogP contribution >= 0.6 is 0 Å². The van der Waals surface area contributed by atoms with Gasteiger partial charge in [-0.05, 0) is 68.1 Å². The molecule has 3 heterocycles. The van der Waals surface area contributed by atoms with Crippen LogP contribution in [0.4, 0.5) is 13.6 Å². The summed E-state index contributed by atoms with van der Waals surface area (Å²) in [5, 5.41) is 17.3. The zero-order valence-corrected chi connectivity index (χ0v) is 25.9. The molecule has 0 spiro atoms. The van der Waals surface area contributed by atoms with E-state index in [1.54, 1.807) is 29.2 Å². The molecule has 3 N–H and O–H groups in total. The molecule has 10 nitrogen and oxygen atoms in total. The number of carbonyl (C=O) groups excluding carboxylic acids is 1. The van der Waals surface area contributed by atoms with Gasteiger partial charge in [-0.15, -0.1) is 0 Å².